The smallest absolute Gasteiger partial charge is 0.0362 e. The second-order valence-corrected chi connectivity index (χ2v) is 17.0. The van der Waals surface area contributed by atoms with Gasteiger partial charge in [0.25, 0.3) is 0 Å². The van der Waals surface area contributed by atoms with Crippen LogP contribution in [0.15, 0.2) is 206 Å². The lowest BCUT2D eigenvalue weighted by atomic mass is 9.84. The second-order valence-electron chi connectivity index (χ2n) is 15.9. The third-order valence-corrected chi connectivity index (χ3v) is 13.9. The highest BCUT2D eigenvalue weighted by atomic mass is 32.1. The predicted octanol–water partition coefficient (Wildman–Crippen LogP) is 17.0. The van der Waals surface area contributed by atoms with E-state index in [2.05, 4.69) is 206 Å². The van der Waals surface area contributed by atoms with Gasteiger partial charge in [0.2, 0.25) is 0 Å². The van der Waals surface area contributed by atoms with Gasteiger partial charge < -0.3 is 0 Å². The first-order valence-corrected chi connectivity index (χ1v) is 21.2. The van der Waals surface area contributed by atoms with Crippen LogP contribution < -0.4 is 0 Å². The first-order chi connectivity index (χ1) is 29.3. The molecule has 1 heteroatoms. The Morgan fingerprint density at radius 1 is 0.237 bits per heavy atom. The summed E-state index contributed by atoms with van der Waals surface area (Å²) in [6.07, 6.45) is 0. The summed E-state index contributed by atoms with van der Waals surface area (Å²) in [5.41, 5.74) is 15.4. The fourth-order valence-corrected chi connectivity index (χ4v) is 11.4. The van der Waals surface area contributed by atoms with E-state index in [9.17, 15) is 0 Å². The molecule has 0 saturated heterocycles. The molecule has 0 unspecified atom stereocenters. The molecule has 1 aliphatic carbocycles. The van der Waals surface area contributed by atoms with E-state index in [1.165, 1.54) is 130 Å². The Bertz CT molecular complexity index is 3630. The summed E-state index contributed by atoms with van der Waals surface area (Å²) in [6.45, 7) is 0. The topological polar surface area (TPSA) is 0 Å². The number of fused-ring (bicyclic) bond motifs is 9. The number of hydrogen-bond acceptors (Lipinski definition) is 1. The van der Waals surface area contributed by atoms with Gasteiger partial charge in [-0.1, -0.05) is 188 Å². The molecule has 13 rings (SSSR count). The highest BCUT2D eigenvalue weighted by Gasteiger charge is 2.24. The first kappa shape index (κ1) is 32.7. The van der Waals surface area contributed by atoms with E-state index in [4.69, 9.17) is 0 Å². The van der Waals surface area contributed by atoms with Crippen molar-refractivity contribution < 1.29 is 0 Å². The first-order valence-electron chi connectivity index (χ1n) is 20.4. The molecule has 0 atom stereocenters. The van der Waals surface area contributed by atoms with Crippen LogP contribution in [-0.4, -0.2) is 0 Å². The molecule has 272 valence electrons. The molecule has 0 fully saturated rings. The van der Waals surface area contributed by atoms with Crippen molar-refractivity contribution in [3.8, 4) is 66.8 Å². The summed E-state index contributed by atoms with van der Waals surface area (Å²) in [6, 6.07) is 76.9. The summed E-state index contributed by atoms with van der Waals surface area (Å²) >= 11 is 1.90. The van der Waals surface area contributed by atoms with Gasteiger partial charge >= 0.3 is 0 Å². The van der Waals surface area contributed by atoms with Crippen LogP contribution in [0.1, 0.15) is 0 Å². The minimum atomic E-state index is 1.21. The largest absolute Gasteiger partial charge is 0.135 e. The quantitative estimate of drug-likeness (QED) is 0.157. The number of thiophene rings is 1. The Kier molecular flexibility index (Phi) is 6.98. The Morgan fingerprint density at radius 3 is 1.41 bits per heavy atom. The highest BCUT2D eigenvalue weighted by molar-refractivity contribution is 7.26. The van der Waals surface area contributed by atoms with E-state index in [1.54, 1.807) is 0 Å². The lowest BCUT2D eigenvalue weighted by molar-refractivity contribution is 1.59. The number of hydrogen-bond donors (Lipinski definition) is 0. The maximum Gasteiger partial charge on any atom is 0.0362 e. The van der Waals surface area contributed by atoms with Crippen molar-refractivity contribution in [1.29, 1.82) is 0 Å². The molecule has 0 amide bonds. The summed E-state index contributed by atoms with van der Waals surface area (Å²) < 4.78 is 2.65. The fraction of sp³-hybridized carbons (Fsp3) is 0. The minimum Gasteiger partial charge on any atom is -0.135 e. The highest BCUT2D eigenvalue weighted by Crippen LogP contribution is 2.51. The molecule has 0 saturated carbocycles. The average molecular weight is 763 g/mol. The van der Waals surface area contributed by atoms with Crippen LogP contribution in [-0.2, 0) is 0 Å². The van der Waals surface area contributed by atoms with Gasteiger partial charge in [0.1, 0.15) is 0 Å². The monoisotopic (exact) mass is 762 g/mol. The Hall–Kier alpha value is -7.32. The van der Waals surface area contributed by atoms with Crippen LogP contribution >= 0.6 is 11.3 Å². The standard InChI is InChI=1S/C58H34S/c1-2-14-38-34-54-52(33-37(38)13-1)58-51(25-12-26-53(58)59-54)57-48-21-9-7-19-46(48)55(47-20-8-10-22-49(47)57)36-29-27-35(28-30-36)39-15-3-4-16-40(39)43-31-32-50-42-18-6-5-17-41(42)44-23-11-24-45(43)56(44)50/h1-34H. The van der Waals surface area contributed by atoms with Gasteiger partial charge in [-0.25, -0.2) is 0 Å². The SMILES string of the molecule is c1ccc(-c2ccc3c4c(cccc24)-c2ccccc2-3)c(-c2ccc(-c3c4ccccc4c(-c4cccc5sc6cc7ccccc7cc6c45)c4ccccc34)cc2)c1. The van der Waals surface area contributed by atoms with Crippen molar-refractivity contribution in [1.82, 2.24) is 0 Å². The van der Waals surface area contributed by atoms with Crippen molar-refractivity contribution in [2.45, 2.75) is 0 Å². The molecule has 0 bridgehead atoms. The molecule has 0 spiro atoms. The van der Waals surface area contributed by atoms with Crippen molar-refractivity contribution in [3.63, 3.8) is 0 Å². The zero-order valence-electron chi connectivity index (χ0n) is 32.0. The molecular formula is C58H34S. The maximum atomic E-state index is 2.40. The van der Waals surface area contributed by atoms with Crippen LogP contribution in [0.5, 0.6) is 0 Å². The van der Waals surface area contributed by atoms with Gasteiger partial charge in [-0.3, -0.25) is 0 Å². The van der Waals surface area contributed by atoms with Gasteiger partial charge in [-0.15, -0.1) is 11.3 Å². The van der Waals surface area contributed by atoms with E-state index in [0.29, 0.717) is 0 Å². The summed E-state index contributed by atoms with van der Waals surface area (Å²) in [5.74, 6) is 0. The van der Waals surface area contributed by atoms with Crippen molar-refractivity contribution in [3.05, 3.63) is 206 Å². The Labute approximate surface area is 345 Å². The van der Waals surface area contributed by atoms with Gasteiger partial charge in [-0.2, -0.15) is 0 Å². The molecule has 1 aromatic heterocycles. The summed E-state index contributed by atoms with van der Waals surface area (Å²) in [7, 11) is 0. The third kappa shape index (κ3) is 4.77. The van der Waals surface area contributed by atoms with E-state index < -0.39 is 0 Å². The molecule has 0 nitrogen and oxygen atoms in total. The summed E-state index contributed by atoms with van der Waals surface area (Å²) in [5, 5.41) is 13.0. The van der Waals surface area contributed by atoms with E-state index in [-0.39, 0.29) is 0 Å². The zero-order valence-corrected chi connectivity index (χ0v) is 32.9. The van der Waals surface area contributed by atoms with Crippen LogP contribution in [0.2, 0.25) is 0 Å². The Balaban J connectivity index is 0.979. The lowest BCUT2D eigenvalue weighted by Gasteiger charge is -2.19. The van der Waals surface area contributed by atoms with Crippen LogP contribution in [0.25, 0.3) is 130 Å². The molecule has 11 aromatic carbocycles. The van der Waals surface area contributed by atoms with Crippen LogP contribution in [0.3, 0.4) is 0 Å². The average Bonchev–Trinajstić information content (AvgIpc) is 3.83. The maximum absolute atomic E-state index is 2.40. The number of benzene rings is 11. The minimum absolute atomic E-state index is 1.21. The molecule has 12 aromatic rings. The molecule has 0 N–H and O–H groups in total. The van der Waals surface area contributed by atoms with Crippen molar-refractivity contribution in [2.24, 2.45) is 0 Å². The van der Waals surface area contributed by atoms with Crippen LogP contribution in [0, 0.1) is 0 Å². The van der Waals surface area contributed by atoms with Gasteiger partial charge in [0.15, 0.2) is 0 Å². The molecule has 1 aliphatic rings. The van der Waals surface area contributed by atoms with Crippen molar-refractivity contribution >= 4 is 74.6 Å². The fourth-order valence-electron chi connectivity index (χ4n) is 10.3. The lowest BCUT2D eigenvalue weighted by Crippen LogP contribution is -1.92. The molecule has 1 heterocycles. The van der Waals surface area contributed by atoms with E-state index in [0.717, 1.165) is 0 Å². The summed E-state index contributed by atoms with van der Waals surface area (Å²) in [4.78, 5) is 0. The zero-order chi connectivity index (χ0) is 38.6. The molecule has 0 radical (unpaired) electrons. The van der Waals surface area contributed by atoms with Crippen LogP contribution in [0.4, 0.5) is 0 Å². The van der Waals surface area contributed by atoms with E-state index >= 15 is 0 Å². The van der Waals surface area contributed by atoms with Crippen molar-refractivity contribution in [2.75, 3.05) is 0 Å². The van der Waals surface area contributed by atoms with E-state index in [1.807, 2.05) is 11.3 Å². The van der Waals surface area contributed by atoms with Gasteiger partial charge in [-0.05, 0) is 128 Å². The van der Waals surface area contributed by atoms with Gasteiger partial charge in [0, 0.05) is 20.2 Å². The third-order valence-electron chi connectivity index (χ3n) is 12.8. The number of rotatable bonds is 4. The second kappa shape index (κ2) is 12.6. The normalized spacial score (nSPS) is 12.1. The predicted molar refractivity (Wildman–Crippen MR) is 256 cm³/mol. The molecule has 59 heavy (non-hydrogen) atoms. The molecular weight excluding hydrogens is 729 g/mol. The molecule has 0 aliphatic heterocycles. The Morgan fingerprint density at radius 2 is 0.712 bits per heavy atom. The van der Waals surface area contributed by atoms with Gasteiger partial charge in [0.05, 0.1) is 0 Å².